The van der Waals surface area contributed by atoms with Crippen molar-refractivity contribution in [1.29, 1.82) is 0 Å². The van der Waals surface area contributed by atoms with Crippen LogP contribution in [0, 0.1) is 5.41 Å². The summed E-state index contributed by atoms with van der Waals surface area (Å²) in [6, 6.07) is 6.49. The minimum atomic E-state index is -0.168. The number of rotatable bonds is 4. The maximum atomic E-state index is 11.8. The van der Waals surface area contributed by atoms with E-state index in [0.717, 1.165) is 18.4 Å². The highest BCUT2D eigenvalue weighted by molar-refractivity contribution is 5.77. The lowest BCUT2D eigenvalue weighted by Gasteiger charge is -2.20. The molecule has 2 rings (SSSR count). The predicted octanol–water partition coefficient (Wildman–Crippen LogP) is 3.87. The van der Waals surface area contributed by atoms with E-state index in [1.54, 1.807) is 0 Å². The summed E-state index contributed by atoms with van der Waals surface area (Å²) < 4.78 is 5.10. The molecule has 1 aromatic rings. The van der Waals surface area contributed by atoms with E-state index in [-0.39, 0.29) is 11.9 Å². The van der Waals surface area contributed by atoms with Gasteiger partial charge in [0.1, 0.15) is 0 Å². The van der Waals surface area contributed by atoms with E-state index in [0.29, 0.717) is 12.0 Å². The zero-order valence-corrected chi connectivity index (χ0v) is 12.5. The molecule has 2 nitrogen and oxygen atoms in total. The molecule has 1 aliphatic rings. The number of ether oxygens (including phenoxy) is 1. The topological polar surface area (TPSA) is 26.3 Å². The van der Waals surface area contributed by atoms with Gasteiger partial charge in [0.15, 0.2) is 0 Å². The van der Waals surface area contributed by atoms with Gasteiger partial charge in [-0.3, -0.25) is 4.79 Å². The third-order valence-corrected chi connectivity index (χ3v) is 4.46. The van der Waals surface area contributed by atoms with E-state index in [2.05, 4.69) is 32.0 Å². The zero-order chi connectivity index (χ0) is 14.0. The number of fused-ring (bicyclic) bond motifs is 1. The van der Waals surface area contributed by atoms with Crippen LogP contribution in [0.25, 0.3) is 0 Å². The Balaban J connectivity index is 2.20. The van der Waals surface area contributed by atoms with Gasteiger partial charge in [-0.05, 0) is 48.8 Å². The fourth-order valence-corrected chi connectivity index (χ4v) is 2.89. The second-order valence-corrected chi connectivity index (χ2v) is 6.02. The van der Waals surface area contributed by atoms with Crippen molar-refractivity contribution in [3.63, 3.8) is 0 Å². The van der Waals surface area contributed by atoms with Crippen LogP contribution in [0.4, 0.5) is 0 Å². The van der Waals surface area contributed by atoms with Gasteiger partial charge in [0.25, 0.3) is 0 Å². The lowest BCUT2D eigenvalue weighted by Crippen LogP contribution is -2.14. The molecule has 0 heterocycles. The normalized spacial score (nSPS) is 22.9. The number of esters is 1. The molecule has 0 N–H and O–H groups in total. The first-order chi connectivity index (χ1) is 8.99. The van der Waals surface area contributed by atoms with E-state index >= 15 is 0 Å². The van der Waals surface area contributed by atoms with E-state index in [9.17, 15) is 4.79 Å². The van der Waals surface area contributed by atoms with Crippen LogP contribution < -0.4 is 0 Å². The number of carbonyl (C=O) groups excluding carboxylic acids is 1. The molecule has 0 bridgehead atoms. The van der Waals surface area contributed by atoms with E-state index in [1.165, 1.54) is 17.5 Å². The van der Waals surface area contributed by atoms with Crippen LogP contribution in [0.3, 0.4) is 0 Å². The minimum absolute atomic E-state index is 0.126. The SMILES string of the molecule is CCOC(=O)C(C)c1ccc2c(c1)CC(C)(CC)C2. The van der Waals surface area contributed by atoms with Gasteiger partial charge in [-0.25, -0.2) is 0 Å². The first-order valence-electron chi connectivity index (χ1n) is 7.27. The first kappa shape index (κ1) is 14.1. The second-order valence-electron chi connectivity index (χ2n) is 6.02. The lowest BCUT2D eigenvalue weighted by atomic mass is 9.85. The third kappa shape index (κ3) is 2.83. The van der Waals surface area contributed by atoms with Crippen molar-refractivity contribution in [2.24, 2.45) is 5.41 Å². The van der Waals surface area contributed by atoms with Crippen molar-refractivity contribution in [2.75, 3.05) is 6.61 Å². The Hall–Kier alpha value is -1.31. The maximum Gasteiger partial charge on any atom is 0.313 e. The van der Waals surface area contributed by atoms with E-state index < -0.39 is 0 Å². The van der Waals surface area contributed by atoms with Gasteiger partial charge in [0.05, 0.1) is 12.5 Å². The van der Waals surface area contributed by atoms with Crippen molar-refractivity contribution in [3.8, 4) is 0 Å². The summed E-state index contributed by atoms with van der Waals surface area (Å²) in [5.74, 6) is -0.294. The Kier molecular flexibility index (Phi) is 3.98. The Labute approximate surface area is 116 Å². The molecule has 0 saturated carbocycles. The molecule has 0 saturated heterocycles. The van der Waals surface area contributed by atoms with Crippen molar-refractivity contribution < 1.29 is 9.53 Å². The van der Waals surface area contributed by atoms with Crippen molar-refractivity contribution >= 4 is 5.97 Å². The van der Waals surface area contributed by atoms with Crippen LogP contribution in [0.2, 0.25) is 0 Å². The van der Waals surface area contributed by atoms with Crippen LogP contribution in [0.15, 0.2) is 18.2 Å². The molecule has 1 aliphatic carbocycles. The molecule has 19 heavy (non-hydrogen) atoms. The molecular formula is C17H24O2. The van der Waals surface area contributed by atoms with Crippen LogP contribution in [-0.4, -0.2) is 12.6 Å². The summed E-state index contributed by atoms with van der Waals surface area (Å²) in [6.07, 6.45) is 3.49. The monoisotopic (exact) mass is 260 g/mol. The Morgan fingerprint density at radius 2 is 2.00 bits per heavy atom. The summed E-state index contributed by atoms with van der Waals surface area (Å²) in [7, 11) is 0. The number of carbonyl (C=O) groups is 1. The highest BCUT2D eigenvalue weighted by Crippen LogP contribution is 2.40. The van der Waals surface area contributed by atoms with Gasteiger partial charge < -0.3 is 4.74 Å². The van der Waals surface area contributed by atoms with Gasteiger partial charge in [-0.2, -0.15) is 0 Å². The van der Waals surface area contributed by atoms with Crippen LogP contribution in [0.5, 0.6) is 0 Å². The standard InChI is InChI=1S/C17H24O2/c1-5-17(4)10-14-8-7-13(9-15(14)11-17)12(3)16(18)19-6-2/h7-9,12H,5-6,10-11H2,1-4H3. The van der Waals surface area contributed by atoms with Gasteiger partial charge in [-0.1, -0.05) is 38.5 Å². The highest BCUT2D eigenvalue weighted by Gasteiger charge is 2.31. The molecule has 2 unspecified atom stereocenters. The Morgan fingerprint density at radius 3 is 2.63 bits per heavy atom. The van der Waals surface area contributed by atoms with E-state index in [1.807, 2.05) is 13.8 Å². The smallest absolute Gasteiger partial charge is 0.313 e. The number of benzene rings is 1. The summed E-state index contributed by atoms with van der Waals surface area (Å²) in [5, 5.41) is 0. The lowest BCUT2D eigenvalue weighted by molar-refractivity contribution is -0.144. The van der Waals surface area contributed by atoms with E-state index in [4.69, 9.17) is 4.74 Å². The third-order valence-electron chi connectivity index (χ3n) is 4.46. The van der Waals surface area contributed by atoms with Crippen molar-refractivity contribution in [3.05, 3.63) is 34.9 Å². The predicted molar refractivity (Wildman–Crippen MR) is 77.3 cm³/mol. The highest BCUT2D eigenvalue weighted by atomic mass is 16.5. The fraction of sp³-hybridized carbons (Fsp3) is 0.588. The van der Waals surface area contributed by atoms with Crippen LogP contribution in [-0.2, 0) is 22.4 Å². The minimum Gasteiger partial charge on any atom is -0.466 e. The molecule has 0 aliphatic heterocycles. The zero-order valence-electron chi connectivity index (χ0n) is 12.5. The molecular weight excluding hydrogens is 236 g/mol. The quantitative estimate of drug-likeness (QED) is 0.768. The summed E-state index contributed by atoms with van der Waals surface area (Å²) in [5.41, 5.74) is 4.34. The largest absolute Gasteiger partial charge is 0.466 e. The molecule has 0 radical (unpaired) electrons. The molecule has 1 aromatic carbocycles. The van der Waals surface area contributed by atoms with Gasteiger partial charge in [0.2, 0.25) is 0 Å². The molecule has 0 aromatic heterocycles. The Morgan fingerprint density at radius 1 is 1.32 bits per heavy atom. The molecule has 104 valence electrons. The van der Waals surface area contributed by atoms with Gasteiger partial charge in [0, 0.05) is 0 Å². The number of hydrogen-bond donors (Lipinski definition) is 0. The van der Waals surface area contributed by atoms with Crippen LogP contribution in [0.1, 0.15) is 56.7 Å². The molecule has 0 spiro atoms. The fourth-order valence-electron chi connectivity index (χ4n) is 2.89. The second kappa shape index (κ2) is 5.36. The first-order valence-corrected chi connectivity index (χ1v) is 7.27. The average Bonchev–Trinajstić information content (AvgIpc) is 2.74. The van der Waals surface area contributed by atoms with Gasteiger partial charge in [-0.15, -0.1) is 0 Å². The summed E-state index contributed by atoms with van der Waals surface area (Å²) in [4.78, 5) is 11.8. The maximum absolute atomic E-state index is 11.8. The summed E-state index contributed by atoms with van der Waals surface area (Å²) >= 11 is 0. The number of hydrogen-bond acceptors (Lipinski definition) is 2. The molecule has 2 atom stereocenters. The molecule has 0 amide bonds. The van der Waals surface area contributed by atoms with Crippen molar-refractivity contribution in [1.82, 2.24) is 0 Å². The average molecular weight is 260 g/mol. The summed E-state index contributed by atoms with van der Waals surface area (Å²) in [6.45, 7) is 8.82. The molecule has 2 heteroatoms. The Bertz CT molecular complexity index is 478. The molecule has 0 fully saturated rings. The van der Waals surface area contributed by atoms with Gasteiger partial charge >= 0.3 is 5.97 Å². The van der Waals surface area contributed by atoms with Crippen LogP contribution >= 0.6 is 0 Å². The van der Waals surface area contributed by atoms with Crippen molar-refractivity contribution in [2.45, 2.75) is 52.9 Å².